The number of hydrogen-bond donors (Lipinski definition) is 3. The largest absolute Gasteiger partial charge is 0.421 e. The van der Waals surface area contributed by atoms with Gasteiger partial charge in [0.2, 0.25) is 11.9 Å². The summed E-state index contributed by atoms with van der Waals surface area (Å²) in [6.07, 6.45) is -1.92. The molecule has 1 aromatic heterocycles. The molecule has 1 aliphatic rings. The molecule has 3 rings (SSSR count). The van der Waals surface area contributed by atoms with Crippen molar-refractivity contribution in [1.29, 1.82) is 0 Å². The number of halogens is 3. The lowest BCUT2D eigenvalue weighted by Crippen LogP contribution is -2.19. The molecular weight excluding hydrogens is 371 g/mol. The molecule has 26 heavy (non-hydrogen) atoms. The van der Waals surface area contributed by atoms with Gasteiger partial charge in [-0.05, 0) is 30.2 Å². The maximum Gasteiger partial charge on any atom is 0.421 e. The summed E-state index contributed by atoms with van der Waals surface area (Å²) in [6, 6.07) is 5.11. The Kier molecular flexibility index (Phi) is 4.81. The van der Waals surface area contributed by atoms with Crippen molar-refractivity contribution in [3.63, 3.8) is 0 Å². The first-order chi connectivity index (χ1) is 12.2. The maximum atomic E-state index is 13.0. The molecular formula is C15H14F3N5O2S. The van der Waals surface area contributed by atoms with Gasteiger partial charge in [0.25, 0.3) is 0 Å². The van der Waals surface area contributed by atoms with Gasteiger partial charge in [-0.2, -0.15) is 18.2 Å². The van der Waals surface area contributed by atoms with Crippen LogP contribution in [0.15, 0.2) is 24.4 Å². The highest BCUT2D eigenvalue weighted by Gasteiger charge is 2.35. The lowest BCUT2D eigenvalue weighted by molar-refractivity contribution is -0.137. The number of nitrogens with one attached hydrogen (secondary N) is 3. The van der Waals surface area contributed by atoms with E-state index in [0.29, 0.717) is 30.4 Å². The summed E-state index contributed by atoms with van der Waals surface area (Å²) in [7, 11) is -1.73. The van der Waals surface area contributed by atoms with Gasteiger partial charge in [-0.25, -0.2) is 9.19 Å². The topological polar surface area (TPSA) is 96.0 Å². The molecule has 0 radical (unpaired) electrons. The van der Waals surface area contributed by atoms with Crippen LogP contribution in [0.2, 0.25) is 0 Å². The number of rotatable bonds is 4. The molecule has 0 aliphatic carbocycles. The van der Waals surface area contributed by atoms with Crippen molar-refractivity contribution in [2.24, 2.45) is 0 Å². The summed E-state index contributed by atoms with van der Waals surface area (Å²) in [5, 5.41) is 5.56. The summed E-state index contributed by atoms with van der Waals surface area (Å²) < 4.78 is 52.5. The van der Waals surface area contributed by atoms with Crippen molar-refractivity contribution in [1.82, 2.24) is 9.97 Å². The quantitative estimate of drug-likeness (QED) is 0.752. The number of anilines is 4. The molecule has 1 amide bonds. The van der Waals surface area contributed by atoms with Crippen LogP contribution >= 0.6 is 0 Å². The van der Waals surface area contributed by atoms with Crippen LogP contribution in [0.5, 0.6) is 0 Å². The van der Waals surface area contributed by atoms with Crippen LogP contribution in [-0.4, -0.2) is 26.3 Å². The van der Waals surface area contributed by atoms with E-state index < -0.39 is 28.5 Å². The van der Waals surface area contributed by atoms with Gasteiger partial charge in [-0.3, -0.25) is 9.52 Å². The van der Waals surface area contributed by atoms with E-state index in [2.05, 4.69) is 25.3 Å². The maximum absolute atomic E-state index is 13.0. The van der Waals surface area contributed by atoms with E-state index in [1.165, 1.54) is 6.26 Å². The number of fused-ring (bicyclic) bond motifs is 1. The fraction of sp³-hybridized carbons (Fsp3) is 0.267. The van der Waals surface area contributed by atoms with E-state index in [1.54, 1.807) is 18.2 Å². The Morgan fingerprint density at radius 2 is 2.04 bits per heavy atom. The van der Waals surface area contributed by atoms with Gasteiger partial charge in [0.15, 0.2) is 5.82 Å². The van der Waals surface area contributed by atoms with Gasteiger partial charge in [-0.15, -0.1) is 0 Å². The van der Waals surface area contributed by atoms with Gasteiger partial charge in [0.1, 0.15) is 16.5 Å². The number of alkyl halides is 3. The van der Waals surface area contributed by atoms with E-state index in [4.69, 9.17) is 0 Å². The minimum atomic E-state index is -4.68. The van der Waals surface area contributed by atoms with Crippen LogP contribution in [0, 0.1) is 0 Å². The summed E-state index contributed by atoms with van der Waals surface area (Å²) in [6.45, 7) is 0. The van der Waals surface area contributed by atoms with Gasteiger partial charge in [0.05, 0.1) is 0 Å². The van der Waals surface area contributed by atoms with E-state index in [9.17, 15) is 22.2 Å². The van der Waals surface area contributed by atoms with Crippen molar-refractivity contribution in [2.75, 3.05) is 21.6 Å². The first-order valence-electron chi connectivity index (χ1n) is 7.46. The van der Waals surface area contributed by atoms with Crippen LogP contribution in [0.4, 0.5) is 36.3 Å². The second kappa shape index (κ2) is 6.90. The van der Waals surface area contributed by atoms with Gasteiger partial charge < -0.3 is 10.6 Å². The number of nitrogens with zero attached hydrogens (tertiary/aromatic N) is 2. The van der Waals surface area contributed by atoms with Crippen molar-refractivity contribution >= 4 is 40.0 Å². The molecule has 2 aromatic rings. The van der Waals surface area contributed by atoms with Gasteiger partial charge >= 0.3 is 6.18 Å². The number of benzene rings is 1. The van der Waals surface area contributed by atoms with E-state index in [1.807, 2.05) is 0 Å². The number of amides is 1. The summed E-state index contributed by atoms with van der Waals surface area (Å²) in [4.78, 5) is 18.8. The molecule has 2 heterocycles. The van der Waals surface area contributed by atoms with Crippen LogP contribution < -0.4 is 15.4 Å². The molecule has 0 saturated heterocycles. The van der Waals surface area contributed by atoms with Crippen molar-refractivity contribution in [3.05, 3.63) is 35.5 Å². The smallest absolute Gasteiger partial charge is 0.326 e. The van der Waals surface area contributed by atoms with Crippen LogP contribution in [0.3, 0.4) is 0 Å². The fourth-order valence-corrected chi connectivity index (χ4v) is 2.88. The lowest BCUT2D eigenvalue weighted by atomic mass is 10.0. The SMILES string of the molecule is CS(=O)Nc1nc(Nc2ccc3c(c2)CCC(=O)N3)ncc1C(F)(F)F. The van der Waals surface area contributed by atoms with Gasteiger partial charge in [0, 0.05) is 30.2 Å². The van der Waals surface area contributed by atoms with Crippen molar-refractivity contribution in [2.45, 2.75) is 19.0 Å². The molecule has 0 fully saturated rings. The third kappa shape index (κ3) is 4.10. The highest BCUT2D eigenvalue weighted by atomic mass is 32.2. The van der Waals surface area contributed by atoms with E-state index in [-0.39, 0.29) is 11.9 Å². The summed E-state index contributed by atoms with van der Waals surface area (Å²) in [5.41, 5.74) is 1.05. The number of carbonyl (C=O) groups is 1. The molecule has 0 spiro atoms. The third-order valence-corrected chi connectivity index (χ3v) is 4.07. The van der Waals surface area contributed by atoms with E-state index >= 15 is 0 Å². The second-order valence-electron chi connectivity index (χ2n) is 5.55. The highest BCUT2D eigenvalue weighted by Crippen LogP contribution is 2.34. The normalized spacial score (nSPS) is 15.0. The highest BCUT2D eigenvalue weighted by molar-refractivity contribution is 7.85. The third-order valence-electron chi connectivity index (χ3n) is 3.59. The van der Waals surface area contributed by atoms with Crippen LogP contribution in [0.1, 0.15) is 17.5 Å². The predicted octanol–water partition coefficient (Wildman–Crippen LogP) is 2.83. The van der Waals surface area contributed by atoms with Crippen LogP contribution in [-0.2, 0) is 28.4 Å². The lowest BCUT2D eigenvalue weighted by Gasteiger charge is -2.18. The Labute approximate surface area is 149 Å². The first kappa shape index (κ1) is 18.1. The molecule has 1 atom stereocenters. The molecule has 138 valence electrons. The Hall–Kier alpha value is -2.69. The Bertz CT molecular complexity index is 888. The summed E-state index contributed by atoms with van der Waals surface area (Å²) in [5.74, 6) is -0.709. The minimum Gasteiger partial charge on any atom is -0.326 e. The zero-order valence-electron chi connectivity index (χ0n) is 13.5. The average molecular weight is 385 g/mol. The van der Waals surface area contributed by atoms with Crippen molar-refractivity contribution in [3.8, 4) is 0 Å². The molecule has 0 bridgehead atoms. The molecule has 3 N–H and O–H groups in total. The predicted molar refractivity (Wildman–Crippen MR) is 91.4 cm³/mol. The molecule has 1 aromatic carbocycles. The van der Waals surface area contributed by atoms with Crippen molar-refractivity contribution < 1.29 is 22.2 Å². The Morgan fingerprint density at radius 3 is 2.73 bits per heavy atom. The monoisotopic (exact) mass is 385 g/mol. The Morgan fingerprint density at radius 1 is 1.27 bits per heavy atom. The molecule has 1 unspecified atom stereocenters. The molecule has 11 heteroatoms. The number of carbonyl (C=O) groups excluding carboxylic acids is 1. The number of hydrogen-bond acceptors (Lipinski definition) is 5. The molecule has 7 nitrogen and oxygen atoms in total. The zero-order valence-corrected chi connectivity index (χ0v) is 14.3. The fourth-order valence-electron chi connectivity index (χ4n) is 2.45. The molecule has 1 aliphatic heterocycles. The van der Waals surface area contributed by atoms with Crippen LogP contribution in [0.25, 0.3) is 0 Å². The average Bonchev–Trinajstić information content (AvgIpc) is 2.53. The molecule has 0 saturated carbocycles. The minimum absolute atomic E-state index is 0.0624. The van der Waals surface area contributed by atoms with Gasteiger partial charge in [-0.1, -0.05) is 0 Å². The first-order valence-corrected chi connectivity index (χ1v) is 9.02. The number of aryl methyl sites for hydroxylation is 1. The zero-order chi connectivity index (χ0) is 18.9. The second-order valence-corrected chi connectivity index (χ2v) is 6.67. The Balaban J connectivity index is 1.88. The summed E-state index contributed by atoms with van der Waals surface area (Å²) >= 11 is 0. The van der Waals surface area contributed by atoms with E-state index in [0.717, 1.165) is 5.56 Å². The number of aromatic nitrogens is 2. The standard InChI is InChI=1S/C15H14F3N5O2S/c1-26(25)23-13-10(15(16,17)18)7-19-14(22-13)20-9-3-4-11-8(6-9)2-5-12(24)21-11/h3-4,6-7H,2,5H2,1H3,(H,21,24)(H2,19,20,22,23).